The van der Waals surface area contributed by atoms with Crippen molar-refractivity contribution in [2.45, 2.75) is 123 Å². The number of hydrogen-bond donors (Lipinski definition) is 2. The van der Waals surface area contributed by atoms with Gasteiger partial charge in [-0.3, -0.25) is 0 Å². The van der Waals surface area contributed by atoms with Crippen LogP contribution in [0.25, 0.3) is 0 Å². The van der Waals surface area contributed by atoms with Crippen LogP contribution in [-0.2, 0) is 22.4 Å². The second-order valence-corrected chi connectivity index (χ2v) is 13.1. The van der Waals surface area contributed by atoms with Crippen molar-refractivity contribution >= 4 is 5.97 Å². The Morgan fingerprint density at radius 2 is 1.92 bits per heavy atom. The SMILES string of the molecule is CCCCCC(O)CCC1C(O)CC2Cc3c(cccc3OCC(=O)OC3CC(C)CCC3C(C)C)CC21. The fraction of sp³-hybridized carbons (Fsp3) is 0.788. The van der Waals surface area contributed by atoms with E-state index in [1.165, 1.54) is 30.4 Å². The van der Waals surface area contributed by atoms with Crippen LogP contribution in [0.4, 0.5) is 0 Å². The summed E-state index contributed by atoms with van der Waals surface area (Å²) < 4.78 is 12.0. The molecule has 5 nitrogen and oxygen atoms in total. The normalized spacial score (nSPS) is 31.5. The highest BCUT2D eigenvalue weighted by Gasteiger charge is 2.45. The van der Waals surface area contributed by atoms with E-state index in [0.29, 0.717) is 29.6 Å². The highest BCUT2D eigenvalue weighted by Crippen LogP contribution is 2.48. The molecule has 8 unspecified atom stereocenters. The molecule has 3 aliphatic rings. The second-order valence-electron chi connectivity index (χ2n) is 13.1. The molecule has 4 rings (SSSR count). The molecule has 0 aromatic heterocycles. The number of rotatable bonds is 12. The number of unbranched alkanes of at least 4 members (excludes halogenated alkanes) is 2. The van der Waals surface area contributed by atoms with E-state index in [1.807, 2.05) is 12.1 Å². The molecule has 8 atom stereocenters. The van der Waals surface area contributed by atoms with Crippen molar-refractivity contribution in [2.24, 2.45) is 35.5 Å². The van der Waals surface area contributed by atoms with Gasteiger partial charge in [0, 0.05) is 0 Å². The first-order valence-electron chi connectivity index (χ1n) is 15.6. The minimum absolute atomic E-state index is 0.0117. The second kappa shape index (κ2) is 13.7. The van der Waals surface area contributed by atoms with Gasteiger partial charge < -0.3 is 19.7 Å². The molecular formula is C33H52O5. The number of ether oxygens (including phenoxy) is 2. The van der Waals surface area contributed by atoms with E-state index in [0.717, 1.165) is 63.5 Å². The lowest BCUT2D eigenvalue weighted by atomic mass is 9.73. The first kappa shape index (κ1) is 29.4. The van der Waals surface area contributed by atoms with Crippen molar-refractivity contribution in [3.05, 3.63) is 29.3 Å². The Labute approximate surface area is 230 Å². The highest BCUT2D eigenvalue weighted by atomic mass is 16.6. The molecule has 1 aromatic rings. The van der Waals surface area contributed by atoms with E-state index in [-0.39, 0.29) is 36.8 Å². The lowest BCUT2D eigenvalue weighted by molar-refractivity contribution is -0.158. The molecule has 0 aliphatic heterocycles. The predicted molar refractivity (Wildman–Crippen MR) is 151 cm³/mol. The van der Waals surface area contributed by atoms with Crippen molar-refractivity contribution in [3.8, 4) is 5.75 Å². The van der Waals surface area contributed by atoms with Crippen LogP contribution in [0, 0.1) is 35.5 Å². The number of benzene rings is 1. The summed E-state index contributed by atoms with van der Waals surface area (Å²) in [5.41, 5.74) is 2.47. The van der Waals surface area contributed by atoms with Crippen LogP contribution in [0.15, 0.2) is 18.2 Å². The van der Waals surface area contributed by atoms with Crippen molar-refractivity contribution in [3.63, 3.8) is 0 Å². The standard InChI is InChI=1S/C33H52O5/c1-5-6-7-10-25(34)13-15-27-28-17-23-9-8-11-31(29(23)18-24(28)19-30(27)35)37-20-33(36)38-32-16-22(4)12-14-26(32)21(2)3/h8-9,11,21-22,24-28,30,32,34-35H,5-7,10,12-20H2,1-4H3. The van der Waals surface area contributed by atoms with Gasteiger partial charge in [-0.15, -0.1) is 0 Å². The number of hydrogen-bond acceptors (Lipinski definition) is 5. The molecule has 38 heavy (non-hydrogen) atoms. The van der Waals surface area contributed by atoms with E-state index < -0.39 is 0 Å². The fourth-order valence-electron chi connectivity index (χ4n) is 7.69. The smallest absolute Gasteiger partial charge is 0.344 e. The van der Waals surface area contributed by atoms with Crippen LogP contribution >= 0.6 is 0 Å². The summed E-state index contributed by atoms with van der Waals surface area (Å²) in [6, 6.07) is 6.17. The molecule has 0 amide bonds. The Morgan fingerprint density at radius 1 is 1.11 bits per heavy atom. The summed E-state index contributed by atoms with van der Waals surface area (Å²) in [5, 5.41) is 21.4. The third-order valence-corrected chi connectivity index (χ3v) is 9.91. The van der Waals surface area contributed by atoms with Gasteiger partial charge in [-0.05, 0) is 104 Å². The van der Waals surface area contributed by atoms with E-state index in [4.69, 9.17) is 9.47 Å². The average molecular weight is 529 g/mol. The van der Waals surface area contributed by atoms with Crippen molar-refractivity contribution < 1.29 is 24.5 Å². The zero-order valence-electron chi connectivity index (χ0n) is 24.2. The van der Waals surface area contributed by atoms with Crippen molar-refractivity contribution in [2.75, 3.05) is 6.61 Å². The van der Waals surface area contributed by atoms with Gasteiger partial charge in [0.2, 0.25) is 0 Å². The van der Waals surface area contributed by atoms with Crippen LogP contribution in [0.1, 0.15) is 103 Å². The van der Waals surface area contributed by atoms with E-state index in [2.05, 4.69) is 33.8 Å². The van der Waals surface area contributed by atoms with Gasteiger partial charge >= 0.3 is 5.97 Å². The van der Waals surface area contributed by atoms with Gasteiger partial charge in [0.1, 0.15) is 11.9 Å². The van der Waals surface area contributed by atoms with Crippen LogP contribution in [0.3, 0.4) is 0 Å². The van der Waals surface area contributed by atoms with Crippen molar-refractivity contribution in [1.29, 1.82) is 0 Å². The number of carbonyl (C=O) groups excluding carboxylic acids is 1. The van der Waals surface area contributed by atoms with Crippen LogP contribution in [0.2, 0.25) is 0 Å². The third kappa shape index (κ3) is 7.33. The molecule has 0 saturated heterocycles. The molecule has 2 saturated carbocycles. The molecule has 214 valence electrons. The minimum Gasteiger partial charge on any atom is -0.482 e. The van der Waals surface area contributed by atoms with Crippen LogP contribution in [-0.4, -0.2) is 41.1 Å². The van der Waals surface area contributed by atoms with Gasteiger partial charge in [-0.25, -0.2) is 4.79 Å². The quantitative estimate of drug-likeness (QED) is 0.239. The first-order chi connectivity index (χ1) is 18.3. The van der Waals surface area contributed by atoms with Gasteiger partial charge in [0.05, 0.1) is 12.2 Å². The maximum atomic E-state index is 12.8. The van der Waals surface area contributed by atoms with Crippen LogP contribution in [0.5, 0.6) is 5.75 Å². The predicted octanol–water partition coefficient (Wildman–Crippen LogP) is 6.50. The molecule has 0 heterocycles. The first-order valence-corrected chi connectivity index (χ1v) is 15.6. The Bertz CT molecular complexity index is 897. The maximum Gasteiger partial charge on any atom is 0.344 e. The highest BCUT2D eigenvalue weighted by molar-refractivity contribution is 5.71. The molecule has 2 fully saturated rings. The van der Waals surface area contributed by atoms with Gasteiger partial charge in [-0.1, -0.05) is 65.5 Å². The molecule has 1 aromatic carbocycles. The number of fused-ring (bicyclic) bond motifs is 2. The number of aliphatic hydroxyl groups excluding tert-OH is 2. The lowest BCUT2D eigenvalue weighted by Gasteiger charge is -2.36. The summed E-state index contributed by atoms with van der Waals surface area (Å²) in [5.74, 6) is 3.16. The summed E-state index contributed by atoms with van der Waals surface area (Å²) in [7, 11) is 0. The number of aliphatic hydroxyl groups is 2. The van der Waals surface area contributed by atoms with E-state index in [9.17, 15) is 15.0 Å². The molecular weight excluding hydrogens is 476 g/mol. The van der Waals surface area contributed by atoms with Crippen LogP contribution < -0.4 is 4.74 Å². The van der Waals surface area contributed by atoms with Gasteiger partial charge in [-0.2, -0.15) is 0 Å². The largest absolute Gasteiger partial charge is 0.482 e. The molecule has 2 N–H and O–H groups in total. The molecule has 5 heteroatoms. The fourth-order valence-corrected chi connectivity index (χ4v) is 7.69. The molecule has 0 spiro atoms. The molecule has 0 radical (unpaired) electrons. The third-order valence-electron chi connectivity index (χ3n) is 9.91. The summed E-state index contributed by atoms with van der Waals surface area (Å²) in [4.78, 5) is 12.8. The molecule has 3 aliphatic carbocycles. The summed E-state index contributed by atoms with van der Waals surface area (Å²) >= 11 is 0. The van der Waals surface area contributed by atoms with Gasteiger partial charge in [0.25, 0.3) is 0 Å². The van der Waals surface area contributed by atoms with E-state index in [1.54, 1.807) is 0 Å². The maximum absolute atomic E-state index is 12.8. The van der Waals surface area contributed by atoms with Crippen molar-refractivity contribution in [1.82, 2.24) is 0 Å². The average Bonchev–Trinajstić information content (AvgIpc) is 3.18. The monoisotopic (exact) mass is 528 g/mol. The number of carbonyl (C=O) groups is 1. The Hall–Kier alpha value is -1.59. The Morgan fingerprint density at radius 3 is 2.68 bits per heavy atom. The zero-order chi connectivity index (χ0) is 27.2. The van der Waals surface area contributed by atoms with Gasteiger partial charge in [0.15, 0.2) is 6.61 Å². The minimum atomic E-state index is -0.298. The topological polar surface area (TPSA) is 76.0 Å². The summed E-state index contributed by atoms with van der Waals surface area (Å²) in [6.07, 6.45) is 11.3. The summed E-state index contributed by atoms with van der Waals surface area (Å²) in [6.45, 7) is 8.83. The lowest BCUT2D eigenvalue weighted by Crippen LogP contribution is -2.37. The Balaban J connectivity index is 1.33. The Kier molecular flexibility index (Phi) is 10.6. The number of esters is 1. The van der Waals surface area contributed by atoms with E-state index >= 15 is 0 Å². The molecule has 0 bridgehead atoms. The zero-order valence-corrected chi connectivity index (χ0v) is 24.2.